The lowest BCUT2D eigenvalue weighted by molar-refractivity contribution is 0.0955. The van der Waals surface area contributed by atoms with Crippen LogP contribution in [0.5, 0.6) is 0 Å². The number of amides is 1. The monoisotopic (exact) mass is 378 g/mol. The van der Waals surface area contributed by atoms with Gasteiger partial charge in [0, 0.05) is 35.7 Å². The number of fused-ring (bicyclic) bond motifs is 1. The van der Waals surface area contributed by atoms with Crippen LogP contribution in [0, 0.1) is 6.92 Å². The second kappa shape index (κ2) is 8.13. The molecule has 0 aliphatic carbocycles. The minimum absolute atomic E-state index is 0.156. The molecule has 2 aromatic rings. The van der Waals surface area contributed by atoms with E-state index in [0.717, 1.165) is 30.5 Å². The minimum atomic E-state index is -0.237. The number of hydrogen-bond acceptors (Lipinski definition) is 4. The number of aromatic nitrogens is 1. The zero-order valence-electron chi connectivity index (χ0n) is 17.5. The fourth-order valence-electron chi connectivity index (χ4n) is 4.17. The third-order valence-corrected chi connectivity index (χ3v) is 5.53. The average molecular weight is 379 g/mol. The highest BCUT2D eigenvalue weighted by molar-refractivity contribution is 5.95. The zero-order chi connectivity index (χ0) is 20.3. The SMILES string of the molecule is CCCN1c2cc(C)c(/C=N\NC(=O)c3ccncc3)cc2C(C)CC1(C)C. The van der Waals surface area contributed by atoms with Crippen molar-refractivity contribution in [2.75, 3.05) is 11.4 Å². The average Bonchev–Trinajstić information content (AvgIpc) is 2.66. The Kier molecular flexibility index (Phi) is 5.82. The van der Waals surface area contributed by atoms with Crippen LogP contribution in [0.3, 0.4) is 0 Å². The van der Waals surface area contributed by atoms with Crippen molar-refractivity contribution in [3.05, 3.63) is 58.9 Å². The third-order valence-electron chi connectivity index (χ3n) is 5.53. The van der Waals surface area contributed by atoms with Crippen molar-refractivity contribution in [3.8, 4) is 0 Å². The molecule has 3 rings (SSSR count). The van der Waals surface area contributed by atoms with Gasteiger partial charge in [0.1, 0.15) is 0 Å². The highest BCUT2D eigenvalue weighted by atomic mass is 16.2. The maximum atomic E-state index is 12.1. The number of aryl methyl sites for hydroxylation is 1. The molecule has 1 aromatic carbocycles. The molecule has 1 aromatic heterocycles. The lowest BCUT2D eigenvalue weighted by atomic mass is 9.79. The van der Waals surface area contributed by atoms with Crippen molar-refractivity contribution >= 4 is 17.8 Å². The zero-order valence-corrected chi connectivity index (χ0v) is 17.5. The molecule has 148 valence electrons. The first-order valence-electron chi connectivity index (χ1n) is 9.99. The van der Waals surface area contributed by atoms with Crippen molar-refractivity contribution in [1.82, 2.24) is 10.4 Å². The van der Waals surface area contributed by atoms with Crippen LogP contribution in [-0.4, -0.2) is 29.2 Å². The van der Waals surface area contributed by atoms with E-state index in [1.165, 1.54) is 11.3 Å². The van der Waals surface area contributed by atoms with Crippen LogP contribution in [0.2, 0.25) is 0 Å². The fourth-order valence-corrected chi connectivity index (χ4v) is 4.17. The largest absolute Gasteiger partial charge is 0.366 e. The summed E-state index contributed by atoms with van der Waals surface area (Å²) in [6, 6.07) is 7.84. The maximum absolute atomic E-state index is 12.1. The molecule has 0 radical (unpaired) electrons. The molecule has 28 heavy (non-hydrogen) atoms. The van der Waals surface area contributed by atoms with Crippen molar-refractivity contribution in [2.24, 2.45) is 5.10 Å². The fraction of sp³-hybridized carbons (Fsp3) is 0.435. The Balaban J connectivity index is 1.84. The molecular formula is C23H30N4O. The quantitative estimate of drug-likeness (QED) is 0.608. The number of benzene rings is 1. The van der Waals surface area contributed by atoms with Crippen LogP contribution in [0.15, 0.2) is 41.8 Å². The number of nitrogens with zero attached hydrogens (tertiary/aromatic N) is 3. The number of hydrazone groups is 1. The van der Waals surface area contributed by atoms with Gasteiger partial charge < -0.3 is 4.90 Å². The molecule has 2 heterocycles. The van der Waals surface area contributed by atoms with Gasteiger partial charge in [0.25, 0.3) is 5.91 Å². The van der Waals surface area contributed by atoms with Gasteiger partial charge >= 0.3 is 0 Å². The number of rotatable bonds is 5. The van der Waals surface area contributed by atoms with E-state index in [9.17, 15) is 4.79 Å². The van der Waals surface area contributed by atoms with Gasteiger partial charge in [-0.05, 0) is 80.5 Å². The van der Waals surface area contributed by atoms with Crippen LogP contribution >= 0.6 is 0 Å². The summed E-state index contributed by atoms with van der Waals surface area (Å²) in [6.45, 7) is 12.4. The topological polar surface area (TPSA) is 57.6 Å². The second-order valence-electron chi connectivity index (χ2n) is 8.27. The minimum Gasteiger partial charge on any atom is -0.366 e. The smallest absolute Gasteiger partial charge is 0.271 e. The first kappa shape index (κ1) is 20.1. The van der Waals surface area contributed by atoms with Crippen molar-refractivity contribution in [3.63, 3.8) is 0 Å². The lowest BCUT2D eigenvalue weighted by Crippen LogP contribution is -2.48. The van der Waals surface area contributed by atoms with Gasteiger partial charge in [-0.2, -0.15) is 5.10 Å². The molecule has 1 unspecified atom stereocenters. The molecule has 5 heteroatoms. The Hall–Kier alpha value is -2.69. The van der Waals surface area contributed by atoms with Crippen LogP contribution in [-0.2, 0) is 0 Å². The van der Waals surface area contributed by atoms with Crippen LogP contribution in [0.1, 0.15) is 73.5 Å². The van der Waals surface area contributed by atoms with E-state index in [1.807, 2.05) is 0 Å². The first-order chi connectivity index (χ1) is 13.3. The van der Waals surface area contributed by atoms with Gasteiger partial charge in [-0.3, -0.25) is 9.78 Å². The van der Waals surface area contributed by atoms with E-state index in [4.69, 9.17) is 0 Å². The number of carbonyl (C=O) groups excluding carboxylic acids is 1. The van der Waals surface area contributed by atoms with Gasteiger partial charge in [-0.15, -0.1) is 0 Å². The Morgan fingerprint density at radius 1 is 1.36 bits per heavy atom. The van der Waals surface area contributed by atoms with E-state index in [1.54, 1.807) is 30.7 Å². The van der Waals surface area contributed by atoms with Crippen LogP contribution in [0.4, 0.5) is 5.69 Å². The van der Waals surface area contributed by atoms with E-state index in [2.05, 4.69) is 67.2 Å². The Bertz CT molecular complexity index is 874. The summed E-state index contributed by atoms with van der Waals surface area (Å²) in [5.74, 6) is 0.246. The first-order valence-corrected chi connectivity index (χ1v) is 9.99. The number of nitrogens with one attached hydrogen (secondary N) is 1. The molecule has 1 aliphatic rings. The summed E-state index contributed by atoms with van der Waals surface area (Å²) in [5, 5.41) is 4.18. The van der Waals surface area contributed by atoms with Gasteiger partial charge in [-0.1, -0.05) is 13.8 Å². The van der Waals surface area contributed by atoms with Crippen LogP contribution < -0.4 is 10.3 Å². The Labute approximate surface area is 167 Å². The summed E-state index contributed by atoms with van der Waals surface area (Å²) < 4.78 is 0. The van der Waals surface area contributed by atoms with Gasteiger partial charge in [0.2, 0.25) is 0 Å². The second-order valence-corrected chi connectivity index (χ2v) is 8.27. The van der Waals surface area contributed by atoms with E-state index in [0.29, 0.717) is 11.5 Å². The maximum Gasteiger partial charge on any atom is 0.271 e. The Morgan fingerprint density at radius 2 is 2.07 bits per heavy atom. The number of anilines is 1. The van der Waals surface area contributed by atoms with Gasteiger partial charge in [-0.25, -0.2) is 5.43 Å². The summed E-state index contributed by atoms with van der Waals surface area (Å²) >= 11 is 0. The van der Waals surface area contributed by atoms with Gasteiger partial charge in [0.15, 0.2) is 0 Å². The highest BCUT2D eigenvalue weighted by Crippen LogP contribution is 2.44. The molecule has 0 saturated carbocycles. The summed E-state index contributed by atoms with van der Waals surface area (Å²) in [7, 11) is 0. The molecule has 0 spiro atoms. The number of pyridine rings is 1. The summed E-state index contributed by atoms with van der Waals surface area (Å²) in [6.07, 6.45) is 7.18. The standard InChI is InChI=1S/C23H30N4O/c1-6-11-27-21-12-16(2)19(13-20(21)17(3)14-23(27,4)5)15-25-26-22(28)18-7-9-24-10-8-18/h7-10,12-13,15,17H,6,11,14H2,1-5H3,(H,26,28)/b25-15-. The molecule has 1 N–H and O–H groups in total. The third kappa shape index (κ3) is 4.08. The van der Waals surface area contributed by atoms with E-state index < -0.39 is 0 Å². The molecular weight excluding hydrogens is 348 g/mol. The summed E-state index contributed by atoms with van der Waals surface area (Å²) in [4.78, 5) is 18.6. The molecule has 0 bridgehead atoms. The molecule has 1 amide bonds. The highest BCUT2D eigenvalue weighted by Gasteiger charge is 2.36. The predicted octanol–water partition coefficient (Wildman–Crippen LogP) is 4.66. The van der Waals surface area contributed by atoms with E-state index in [-0.39, 0.29) is 11.4 Å². The molecule has 1 atom stereocenters. The normalized spacial score (nSPS) is 18.2. The van der Waals surface area contributed by atoms with Gasteiger partial charge in [0.05, 0.1) is 6.21 Å². The van der Waals surface area contributed by atoms with Crippen molar-refractivity contribution in [1.29, 1.82) is 0 Å². The van der Waals surface area contributed by atoms with Crippen LogP contribution in [0.25, 0.3) is 0 Å². The number of hydrogen-bond donors (Lipinski definition) is 1. The van der Waals surface area contributed by atoms with E-state index >= 15 is 0 Å². The Morgan fingerprint density at radius 3 is 2.75 bits per heavy atom. The molecule has 5 nitrogen and oxygen atoms in total. The molecule has 1 aliphatic heterocycles. The molecule has 0 saturated heterocycles. The molecule has 0 fully saturated rings. The van der Waals surface area contributed by atoms with Crippen molar-refractivity contribution in [2.45, 2.75) is 58.9 Å². The summed E-state index contributed by atoms with van der Waals surface area (Å²) in [5.41, 5.74) is 8.19. The van der Waals surface area contributed by atoms with Crippen molar-refractivity contribution < 1.29 is 4.79 Å². The predicted molar refractivity (Wildman–Crippen MR) is 115 cm³/mol. The lowest BCUT2D eigenvalue weighted by Gasteiger charge is -2.48. The number of carbonyl (C=O) groups is 1.